The average Bonchev–Trinajstić information content (AvgIpc) is 3.20. The van der Waals surface area contributed by atoms with Gasteiger partial charge in [-0.05, 0) is 54.5 Å². The third-order valence-electron chi connectivity index (χ3n) is 6.00. The van der Waals surface area contributed by atoms with Gasteiger partial charge in [-0.3, -0.25) is 14.2 Å². The van der Waals surface area contributed by atoms with E-state index in [9.17, 15) is 9.59 Å². The van der Waals surface area contributed by atoms with Gasteiger partial charge in [0, 0.05) is 5.69 Å². The number of thiazole rings is 1. The molecule has 1 amide bonds. The monoisotopic (exact) mass is 549 g/mol. The molecule has 0 spiro atoms. The molecule has 5 rings (SSSR count). The van der Waals surface area contributed by atoms with E-state index in [-0.39, 0.29) is 11.5 Å². The van der Waals surface area contributed by atoms with E-state index < -0.39 is 6.04 Å². The van der Waals surface area contributed by atoms with Gasteiger partial charge in [-0.2, -0.15) is 0 Å². The molecular formula is C28H21Cl2N3O3S. The van der Waals surface area contributed by atoms with E-state index in [1.807, 2.05) is 30.3 Å². The number of aromatic nitrogens is 1. The Balaban J connectivity index is 1.69. The molecule has 6 nitrogen and oxygen atoms in total. The lowest BCUT2D eigenvalue weighted by Crippen LogP contribution is -2.40. The fourth-order valence-corrected chi connectivity index (χ4v) is 5.61. The lowest BCUT2D eigenvalue weighted by atomic mass is 9.95. The van der Waals surface area contributed by atoms with E-state index in [2.05, 4.69) is 10.3 Å². The van der Waals surface area contributed by atoms with Crippen LogP contribution in [-0.2, 0) is 4.79 Å². The van der Waals surface area contributed by atoms with E-state index in [1.165, 1.54) is 11.3 Å². The molecule has 4 aromatic rings. The molecule has 1 aliphatic rings. The van der Waals surface area contributed by atoms with Gasteiger partial charge in [-0.1, -0.05) is 77.0 Å². The van der Waals surface area contributed by atoms with Crippen molar-refractivity contribution in [3.63, 3.8) is 0 Å². The summed E-state index contributed by atoms with van der Waals surface area (Å²) in [6.07, 6.45) is 1.70. The maximum Gasteiger partial charge on any atom is 0.271 e. The predicted molar refractivity (Wildman–Crippen MR) is 148 cm³/mol. The topological polar surface area (TPSA) is 72.7 Å². The molecule has 0 aliphatic carbocycles. The van der Waals surface area contributed by atoms with Gasteiger partial charge in [-0.15, -0.1) is 0 Å². The first-order chi connectivity index (χ1) is 17.9. The summed E-state index contributed by atoms with van der Waals surface area (Å²) in [6.45, 7) is 1.78. The van der Waals surface area contributed by atoms with Crippen LogP contribution in [0.4, 0.5) is 5.69 Å². The zero-order chi connectivity index (χ0) is 26.1. The van der Waals surface area contributed by atoms with Crippen molar-refractivity contribution in [3.05, 3.63) is 125 Å². The Morgan fingerprint density at radius 3 is 2.49 bits per heavy atom. The van der Waals surface area contributed by atoms with Gasteiger partial charge in [0.2, 0.25) is 0 Å². The van der Waals surface area contributed by atoms with Crippen molar-refractivity contribution in [2.24, 2.45) is 4.99 Å². The van der Waals surface area contributed by atoms with Gasteiger partial charge in [0.25, 0.3) is 11.5 Å². The van der Waals surface area contributed by atoms with Crippen LogP contribution in [-0.4, -0.2) is 17.6 Å². The summed E-state index contributed by atoms with van der Waals surface area (Å²) in [4.78, 5) is 32.5. The number of halogens is 2. The number of ether oxygens (including phenoxy) is 1. The molecular weight excluding hydrogens is 529 g/mol. The number of allylic oxidation sites excluding steroid dienone is 1. The molecule has 186 valence electrons. The second-order valence-corrected chi connectivity index (χ2v) is 10.1. The van der Waals surface area contributed by atoms with Crippen molar-refractivity contribution in [2.45, 2.75) is 13.0 Å². The number of nitrogens with zero attached hydrogens (tertiary/aromatic N) is 2. The van der Waals surface area contributed by atoms with E-state index >= 15 is 0 Å². The van der Waals surface area contributed by atoms with Crippen molar-refractivity contribution in [1.29, 1.82) is 0 Å². The molecule has 1 aromatic heterocycles. The minimum absolute atomic E-state index is 0.280. The largest absolute Gasteiger partial charge is 0.497 e. The number of methoxy groups -OCH3 is 1. The summed E-state index contributed by atoms with van der Waals surface area (Å²) in [7, 11) is 1.59. The summed E-state index contributed by atoms with van der Waals surface area (Å²) >= 11 is 13.8. The SMILES string of the molecule is COc1ccc(C2C(C(=O)Nc3ccccc3)=C(C)N=c3s/c(=C/c4cccc(Cl)c4Cl)c(=O)n32)cc1. The second kappa shape index (κ2) is 10.4. The van der Waals surface area contributed by atoms with Crippen LogP contribution < -0.4 is 24.9 Å². The first-order valence-electron chi connectivity index (χ1n) is 11.3. The quantitative estimate of drug-likeness (QED) is 0.372. The number of fused-ring (bicyclic) bond motifs is 1. The molecule has 0 fully saturated rings. The van der Waals surface area contributed by atoms with E-state index in [0.29, 0.717) is 47.6 Å². The molecule has 37 heavy (non-hydrogen) atoms. The molecule has 1 N–H and O–H groups in total. The van der Waals surface area contributed by atoms with Crippen LogP contribution in [0.5, 0.6) is 5.75 Å². The number of para-hydroxylation sites is 1. The Hall–Kier alpha value is -3.65. The molecule has 2 heterocycles. The summed E-state index contributed by atoms with van der Waals surface area (Å²) in [5.41, 5.74) is 2.66. The van der Waals surface area contributed by atoms with E-state index in [4.69, 9.17) is 27.9 Å². The minimum Gasteiger partial charge on any atom is -0.497 e. The fraction of sp³-hybridized carbons (Fsp3) is 0.107. The van der Waals surface area contributed by atoms with Crippen molar-refractivity contribution in [3.8, 4) is 5.75 Å². The number of carbonyl (C=O) groups is 1. The average molecular weight is 550 g/mol. The molecule has 1 aliphatic heterocycles. The summed E-state index contributed by atoms with van der Waals surface area (Å²) in [5.74, 6) is 0.336. The van der Waals surface area contributed by atoms with Crippen LogP contribution in [0.3, 0.4) is 0 Å². The van der Waals surface area contributed by atoms with Crippen LogP contribution >= 0.6 is 34.5 Å². The molecule has 3 aromatic carbocycles. The number of nitrogens with one attached hydrogen (secondary N) is 1. The van der Waals surface area contributed by atoms with Crippen LogP contribution in [0.1, 0.15) is 24.1 Å². The Labute approximate surface area is 226 Å². The first kappa shape index (κ1) is 25.0. The minimum atomic E-state index is -0.692. The summed E-state index contributed by atoms with van der Waals surface area (Å²) < 4.78 is 7.30. The van der Waals surface area contributed by atoms with Gasteiger partial charge in [0.05, 0.1) is 39.0 Å². The molecule has 1 atom stereocenters. The van der Waals surface area contributed by atoms with Crippen LogP contribution in [0, 0.1) is 0 Å². The lowest BCUT2D eigenvalue weighted by molar-refractivity contribution is -0.113. The predicted octanol–water partition coefficient (Wildman–Crippen LogP) is 5.19. The van der Waals surface area contributed by atoms with Crippen molar-refractivity contribution in [1.82, 2.24) is 4.57 Å². The molecule has 0 radical (unpaired) electrons. The Kier molecular flexibility index (Phi) is 7.02. The smallest absolute Gasteiger partial charge is 0.271 e. The molecule has 9 heteroatoms. The van der Waals surface area contributed by atoms with Crippen molar-refractivity contribution in [2.75, 3.05) is 12.4 Å². The van der Waals surface area contributed by atoms with Gasteiger partial charge in [-0.25, -0.2) is 4.99 Å². The van der Waals surface area contributed by atoms with Crippen molar-refractivity contribution < 1.29 is 9.53 Å². The van der Waals surface area contributed by atoms with Gasteiger partial charge < -0.3 is 10.1 Å². The third kappa shape index (κ3) is 4.85. The molecule has 0 bridgehead atoms. The highest BCUT2D eigenvalue weighted by Crippen LogP contribution is 2.32. The van der Waals surface area contributed by atoms with Crippen LogP contribution in [0.25, 0.3) is 6.08 Å². The number of hydrogen-bond acceptors (Lipinski definition) is 5. The van der Waals surface area contributed by atoms with Gasteiger partial charge >= 0.3 is 0 Å². The number of benzene rings is 3. The van der Waals surface area contributed by atoms with Crippen molar-refractivity contribution >= 4 is 52.2 Å². The first-order valence-corrected chi connectivity index (χ1v) is 12.9. The maximum absolute atomic E-state index is 13.8. The van der Waals surface area contributed by atoms with Crippen LogP contribution in [0.15, 0.2) is 93.9 Å². The number of hydrogen-bond donors (Lipinski definition) is 1. The zero-order valence-corrected chi connectivity index (χ0v) is 22.2. The standard InChI is InChI=1S/C28H21Cl2N3O3S/c1-16-23(26(34)32-19-8-4-3-5-9-19)25(17-11-13-20(36-2)14-12-17)33-27(35)22(37-28(33)31-16)15-18-7-6-10-21(29)24(18)30/h3-15,25H,1-2H3,(H,32,34)/b22-15+. The fourth-order valence-electron chi connectivity index (χ4n) is 4.21. The van der Waals surface area contributed by atoms with E-state index in [1.54, 1.807) is 67.1 Å². The highest BCUT2D eigenvalue weighted by Gasteiger charge is 2.32. The molecule has 1 unspecified atom stereocenters. The highest BCUT2D eigenvalue weighted by molar-refractivity contribution is 7.07. The van der Waals surface area contributed by atoms with E-state index in [0.717, 1.165) is 5.56 Å². The zero-order valence-electron chi connectivity index (χ0n) is 19.9. The molecule has 0 saturated carbocycles. The summed E-state index contributed by atoms with van der Waals surface area (Å²) in [5, 5.41) is 3.70. The number of rotatable bonds is 5. The normalized spacial score (nSPS) is 15.2. The third-order valence-corrected chi connectivity index (χ3v) is 7.81. The summed E-state index contributed by atoms with van der Waals surface area (Å²) in [6, 6.07) is 21.0. The Morgan fingerprint density at radius 1 is 1.05 bits per heavy atom. The number of amides is 1. The maximum atomic E-state index is 13.8. The Bertz CT molecular complexity index is 1710. The number of carbonyl (C=O) groups excluding carboxylic acids is 1. The lowest BCUT2D eigenvalue weighted by Gasteiger charge is -2.25. The van der Waals surface area contributed by atoms with Crippen LogP contribution in [0.2, 0.25) is 10.0 Å². The second-order valence-electron chi connectivity index (χ2n) is 8.32. The van der Waals surface area contributed by atoms with Gasteiger partial charge in [0.15, 0.2) is 4.80 Å². The molecule has 0 saturated heterocycles. The highest BCUT2D eigenvalue weighted by atomic mass is 35.5. The van der Waals surface area contributed by atoms with Gasteiger partial charge in [0.1, 0.15) is 5.75 Å². The Morgan fingerprint density at radius 2 is 1.78 bits per heavy atom. The number of anilines is 1.